The van der Waals surface area contributed by atoms with E-state index in [-0.39, 0.29) is 0 Å². The zero-order valence-corrected chi connectivity index (χ0v) is 77.3. The summed E-state index contributed by atoms with van der Waals surface area (Å²) < 4.78 is 23.8. The summed E-state index contributed by atoms with van der Waals surface area (Å²) >= 11 is 0. The largest absolute Gasteiger partial charge is 0.456 e. The van der Waals surface area contributed by atoms with Crippen LogP contribution < -0.4 is 14.7 Å². The number of para-hydroxylation sites is 8. The van der Waals surface area contributed by atoms with Crippen LogP contribution in [0.25, 0.3) is 198 Å². The first-order valence-corrected chi connectivity index (χ1v) is 48.3. The standard InChI is InChI=1S/C52H34N2O.C46H30N2O.C36H25NO/c1-2-13-39(14-3-1)54-49-19-8-6-16-45(49)47-33-38(25-31-50(47)54)35-21-26-40(27-22-35)53(42-30-32-52-48(34-42)46-17-7-9-20-51(46)55-52)41-28-23-37(24-29-41)44-18-10-12-36-11-4-5-15-43(36)44;1-2-14-33(15-3-1)48-42-21-8-6-17-38(42)41-30-35(28-29-43(41)48)47(44-22-11-20-40-39-18-7-9-23-45(39)49-46(40)44)34-26-24-32(25-27-34)37-19-10-13-31-12-4-5-16-36(31)37;1-3-9-26(10-4-1)28-15-19-30(20-16-28)37(31-21-17-29(18-22-31)27-11-5-2-6-12-27)32-23-24-34-33-13-7-8-14-35(33)38-36(34)25-32/h1-34H;1-30H;1-25H. The van der Waals surface area contributed by atoms with Crippen LogP contribution in [-0.4, -0.2) is 9.13 Å². The minimum atomic E-state index is 0.869. The van der Waals surface area contributed by atoms with Crippen LogP contribution in [-0.2, 0) is 0 Å². The van der Waals surface area contributed by atoms with Gasteiger partial charge in [-0.3, -0.25) is 0 Å². The van der Waals surface area contributed by atoms with E-state index in [1.165, 1.54) is 121 Å². The highest BCUT2D eigenvalue weighted by molar-refractivity contribution is 6.15. The molecule has 0 bridgehead atoms. The molecule has 5 heterocycles. The Hall–Kier alpha value is -19.0. The quantitative estimate of drug-likeness (QED) is 0.0961. The highest BCUT2D eigenvalue weighted by atomic mass is 16.3. The van der Waals surface area contributed by atoms with E-state index < -0.39 is 0 Å². The molecule has 0 spiro atoms. The number of nitrogens with zero attached hydrogens (tertiary/aromatic N) is 5. The van der Waals surface area contributed by atoms with Crippen molar-refractivity contribution >= 4 is 182 Å². The minimum absolute atomic E-state index is 0.869. The Morgan fingerprint density at radius 1 is 0.148 bits per heavy atom. The van der Waals surface area contributed by atoms with E-state index in [0.717, 1.165) is 128 Å². The van der Waals surface area contributed by atoms with E-state index in [2.05, 4.69) is 515 Å². The third-order valence-electron chi connectivity index (χ3n) is 27.9. The fourth-order valence-corrected chi connectivity index (χ4v) is 21.1. The van der Waals surface area contributed by atoms with Gasteiger partial charge in [-0.1, -0.05) is 352 Å². The number of anilines is 9. The van der Waals surface area contributed by atoms with Crippen LogP contribution in [0.2, 0.25) is 0 Å². The van der Waals surface area contributed by atoms with Gasteiger partial charge in [0.2, 0.25) is 0 Å². The van der Waals surface area contributed by atoms with Crippen LogP contribution >= 0.6 is 0 Å². The lowest BCUT2D eigenvalue weighted by Crippen LogP contribution is -2.10. The van der Waals surface area contributed by atoms with Gasteiger partial charge >= 0.3 is 0 Å². The van der Waals surface area contributed by atoms with Crippen LogP contribution in [0.15, 0.2) is 553 Å². The van der Waals surface area contributed by atoms with Crippen LogP contribution in [0.4, 0.5) is 51.2 Å². The van der Waals surface area contributed by atoms with E-state index in [0.29, 0.717) is 0 Å². The van der Waals surface area contributed by atoms with Gasteiger partial charge in [-0.2, -0.15) is 0 Å². The second-order valence-electron chi connectivity index (χ2n) is 36.1. The maximum absolute atomic E-state index is 6.62. The summed E-state index contributed by atoms with van der Waals surface area (Å²) in [4.78, 5) is 6.97. The first-order chi connectivity index (χ1) is 70.4. The normalized spacial score (nSPS) is 11.5. The fourth-order valence-electron chi connectivity index (χ4n) is 21.1. The SMILES string of the molecule is c1ccc(-c2ccc(N(c3ccc(-c4ccccc4)cc3)c3ccc4c(c3)oc3ccccc34)cc2)cc1.c1ccc(-n2c3ccccc3c3cc(-c4ccc(N(c5ccc(-c6cccc7ccccc67)cc5)c5ccc6oc7ccccc7c6c5)cc4)ccc32)cc1.c1ccc(-n2c3ccccc3c3cc(N(c4ccc(-c5cccc6ccccc56)cc4)c4cccc5c4oc4ccccc45)ccc32)cc1. The molecule has 5 aromatic heterocycles. The molecule has 0 amide bonds. The molecule has 0 aliphatic heterocycles. The third kappa shape index (κ3) is 15.2. The predicted molar refractivity (Wildman–Crippen MR) is 596 cm³/mol. The Kier molecular flexibility index (Phi) is 21.1. The molecule has 0 saturated heterocycles. The number of aromatic nitrogens is 2. The second-order valence-corrected chi connectivity index (χ2v) is 36.1. The number of hydrogen-bond acceptors (Lipinski definition) is 6. The number of hydrogen-bond donors (Lipinski definition) is 0. The highest BCUT2D eigenvalue weighted by Crippen LogP contribution is 2.49. The number of benzene rings is 23. The summed E-state index contributed by atoms with van der Waals surface area (Å²) in [5.41, 5.74) is 34.0. The molecule has 23 aromatic carbocycles. The van der Waals surface area contributed by atoms with Crippen LogP contribution in [0.3, 0.4) is 0 Å². The van der Waals surface area contributed by atoms with E-state index in [1.54, 1.807) is 0 Å². The zero-order valence-electron chi connectivity index (χ0n) is 77.3. The van der Waals surface area contributed by atoms with Crippen molar-refractivity contribution in [2.45, 2.75) is 0 Å². The van der Waals surface area contributed by atoms with Gasteiger partial charge in [0.25, 0.3) is 0 Å². The van der Waals surface area contributed by atoms with Gasteiger partial charge in [-0.15, -0.1) is 0 Å². The predicted octanol–water partition coefficient (Wildman–Crippen LogP) is 38.0. The molecular formula is C134H89N5O3. The smallest absolute Gasteiger partial charge is 0.159 e. The topological polar surface area (TPSA) is 59.0 Å². The molecule has 668 valence electrons. The molecular weight excluding hydrogens is 1730 g/mol. The zero-order chi connectivity index (χ0) is 93.9. The summed E-state index contributed by atoms with van der Waals surface area (Å²) in [6, 6.07) is 192. The summed E-state index contributed by atoms with van der Waals surface area (Å²) in [6.45, 7) is 0. The van der Waals surface area contributed by atoms with E-state index in [9.17, 15) is 0 Å². The van der Waals surface area contributed by atoms with Gasteiger partial charge in [0.1, 0.15) is 27.9 Å². The average molecular weight is 1820 g/mol. The number of fused-ring (bicyclic) bond motifs is 17. The fraction of sp³-hybridized carbons (Fsp3) is 0. The van der Waals surface area contributed by atoms with Crippen molar-refractivity contribution in [2.24, 2.45) is 0 Å². The Balaban J connectivity index is 0.000000111. The van der Waals surface area contributed by atoms with Crippen molar-refractivity contribution in [2.75, 3.05) is 14.7 Å². The van der Waals surface area contributed by atoms with Gasteiger partial charge in [-0.05, 0) is 259 Å². The van der Waals surface area contributed by atoms with Crippen molar-refractivity contribution in [1.82, 2.24) is 9.13 Å². The maximum Gasteiger partial charge on any atom is 0.159 e. The summed E-state index contributed by atoms with van der Waals surface area (Å²) in [6.07, 6.45) is 0. The van der Waals surface area contributed by atoms with Crippen molar-refractivity contribution in [3.63, 3.8) is 0 Å². The average Bonchev–Trinajstić information content (AvgIpc) is 1.58. The molecule has 0 unspecified atom stereocenters. The molecule has 0 aliphatic carbocycles. The van der Waals surface area contributed by atoms with Crippen molar-refractivity contribution in [3.8, 4) is 67.0 Å². The van der Waals surface area contributed by atoms with Crippen molar-refractivity contribution in [3.05, 3.63) is 540 Å². The highest BCUT2D eigenvalue weighted by Gasteiger charge is 2.26. The molecule has 0 radical (unpaired) electrons. The first-order valence-electron chi connectivity index (χ1n) is 48.3. The molecule has 28 rings (SSSR count). The molecule has 8 nitrogen and oxygen atoms in total. The minimum Gasteiger partial charge on any atom is -0.456 e. The van der Waals surface area contributed by atoms with Crippen molar-refractivity contribution in [1.29, 1.82) is 0 Å². The molecule has 8 heteroatoms. The Morgan fingerprint density at radius 3 is 0.965 bits per heavy atom. The summed E-state index contributed by atoms with van der Waals surface area (Å²) in [5, 5.41) is 16.6. The van der Waals surface area contributed by atoms with Crippen LogP contribution in [0.5, 0.6) is 0 Å². The van der Waals surface area contributed by atoms with Crippen LogP contribution in [0, 0.1) is 0 Å². The monoisotopic (exact) mass is 1820 g/mol. The molecule has 28 aromatic rings. The van der Waals surface area contributed by atoms with E-state index in [4.69, 9.17) is 13.3 Å². The molecule has 0 saturated carbocycles. The van der Waals surface area contributed by atoms with E-state index >= 15 is 0 Å². The van der Waals surface area contributed by atoms with Gasteiger partial charge in [0, 0.05) is 117 Å². The number of rotatable bonds is 16. The summed E-state index contributed by atoms with van der Waals surface area (Å²) in [5.74, 6) is 0. The Labute approximate surface area is 820 Å². The van der Waals surface area contributed by atoms with E-state index in [1.807, 2.05) is 48.5 Å². The maximum atomic E-state index is 6.62. The molecule has 0 atom stereocenters. The lowest BCUT2D eigenvalue weighted by molar-refractivity contribution is 0.668. The molecule has 0 N–H and O–H groups in total. The molecule has 0 fully saturated rings. The Morgan fingerprint density at radius 2 is 0.451 bits per heavy atom. The number of furan rings is 3. The lowest BCUT2D eigenvalue weighted by Gasteiger charge is -2.26. The lowest BCUT2D eigenvalue weighted by atomic mass is 9.98. The van der Waals surface area contributed by atoms with Gasteiger partial charge in [0.05, 0.1) is 27.8 Å². The second kappa shape index (κ2) is 35.9. The first kappa shape index (κ1) is 83.6. The van der Waals surface area contributed by atoms with Gasteiger partial charge in [0.15, 0.2) is 5.58 Å². The summed E-state index contributed by atoms with van der Waals surface area (Å²) in [7, 11) is 0. The third-order valence-corrected chi connectivity index (χ3v) is 27.9. The van der Waals surface area contributed by atoms with Crippen LogP contribution in [0.1, 0.15) is 0 Å². The van der Waals surface area contributed by atoms with Crippen molar-refractivity contribution < 1.29 is 13.3 Å². The Bertz CT molecular complexity index is 9490. The van der Waals surface area contributed by atoms with Gasteiger partial charge < -0.3 is 37.1 Å². The van der Waals surface area contributed by atoms with Gasteiger partial charge in [-0.25, -0.2) is 0 Å². The molecule has 0 aliphatic rings. The molecule has 142 heavy (non-hydrogen) atoms.